The van der Waals surface area contributed by atoms with Crippen molar-refractivity contribution in [3.63, 3.8) is 0 Å². The number of aromatic nitrogens is 2. The van der Waals surface area contributed by atoms with Crippen LogP contribution in [0.4, 0.5) is 0 Å². The van der Waals surface area contributed by atoms with E-state index in [1.54, 1.807) is 13.2 Å². The van der Waals surface area contributed by atoms with Crippen molar-refractivity contribution >= 4 is 16.9 Å². The standard InChI is InChI=1S/C21H25N3O3/c1-13-7-8-17-16(12-26-19(17)14(13)2)11-18(25)23-21(9-5-4-6-10-21)20-22-15(3)27-24-20/h7-8,12H,4-6,9-11H2,1-3H3,(H,23,25). The third kappa shape index (κ3) is 3.24. The molecule has 0 saturated heterocycles. The van der Waals surface area contributed by atoms with Crippen molar-refractivity contribution in [3.05, 3.63) is 46.8 Å². The van der Waals surface area contributed by atoms with Gasteiger partial charge in [-0.1, -0.05) is 36.6 Å². The Morgan fingerprint density at radius 3 is 2.67 bits per heavy atom. The molecule has 0 aliphatic heterocycles. The van der Waals surface area contributed by atoms with Gasteiger partial charge in [-0.15, -0.1) is 0 Å². The first kappa shape index (κ1) is 17.8. The van der Waals surface area contributed by atoms with Crippen LogP contribution in [0.5, 0.6) is 0 Å². The summed E-state index contributed by atoms with van der Waals surface area (Å²) in [5.74, 6) is 1.08. The number of hydrogen-bond donors (Lipinski definition) is 1. The number of aryl methyl sites for hydroxylation is 3. The molecule has 1 fully saturated rings. The van der Waals surface area contributed by atoms with Crippen LogP contribution >= 0.6 is 0 Å². The Balaban J connectivity index is 1.58. The summed E-state index contributed by atoms with van der Waals surface area (Å²) in [6, 6.07) is 4.10. The smallest absolute Gasteiger partial charge is 0.225 e. The lowest BCUT2D eigenvalue weighted by Gasteiger charge is -2.35. The summed E-state index contributed by atoms with van der Waals surface area (Å²) >= 11 is 0. The van der Waals surface area contributed by atoms with Gasteiger partial charge in [0.1, 0.15) is 11.1 Å². The van der Waals surface area contributed by atoms with E-state index in [1.807, 2.05) is 13.0 Å². The molecule has 2 aromatic heterocycles. The Kier molecular flexibility index (Phi) is 4.50. The van der Waals surface area contributed by atoms with E-state index in [0.717, 1.165) is 47.8 Å². The molecular weight excluding hydrogens is 342 g/mol. The number of carbonyl (C=O) groups excluding carboxylic acids is 1. The van der Waals surface area contributed by atoms with Crippen LogP contribution in [-0.4, -0.2) is 16.0 Å². The van der Waals surface area contributed by atoms with Gasteiger partial charge in [0.2, 0.25) is 11.8 Å². The number of amides is 1. The second-order valence-corrected chi connectivity index (χ2v) is 7.65. The highest BCUT2D eigenvalue weighted by Crippen LogP contribution is 2.36. The SMILES string of the molecule is Cc1nc(C2(NC(=O)Cc3coc4c(C)c(C)ccc34)CCCCC2)no1. The number of nitrogens with one attached hydrogen (secondary N) is 1. The van der Waals surface area contributed by atoms with Crippen molar-refractivity contribution in [1.29, 1.82) is 0 Å². The van der Waals surface area contributed by atoms with E-state index in [1.165, 1.54) is 12.0 Å². The molecule has 6 heteroatoms. The van der Waals surface area contributed by atoms with Crippen LogP contribution in [0.2, 0.25) is 0 Å². The minimum Gasteiger partial charge on any atom is -0.464 e. The Morgan fingerprint density at radius 1 is 1.19 bits per heavy atom. The molecule has 0 spiro atoms. The number of fused-ring (bicyclic) bond motifs is 1. The maximum atomic E-state index is 12.9. The highest BCUT2D eigenvalue weighted by molar-refractivity contribution is 5.89. The maximum absolute atomic E-state index is 12.9. The lowest BCUT2D eigenvalue weighted by molar-refractivity contribution is -0.123. The van der Waals surface area contributed by atoms with E-state index in [0.29, 0.717) is 11.7 Å². The molecule has 0 unspecified atom stereocenters. The summed E-state index contributed by atoms with van der Waals surface area (Å²) in [4.78, 5) is 17.3. The molecule has 1 aromatic carbocycles. The molecule has 1 N–H and O–H groups in total. The topological polar surface area (TPSA) is 81.2 Å². The number of nitrogens with zero attached hydrogens (tertiary/aromatic N) is 2. The van der Waals surface area contributed by atoms with E-state index >= 15 is 0 Å². The van der Waals surface area contributed by atoms with Crippen molar-refractivity contribution in [2.45, 2.75) is 64.8 Å². The summed E-state index contributed by atoms with van der Waals surface area (Å²) in [5, 5.41) is 8.34. The van der Waals surface area contributed by atoms with Gasteiger partial charge < -0.3 is 14.3 Å². The summed E-state index contributed by atoms with van der Waals surface area (Å²) in [7, 11) is 0. The fourth-order valence-corrected chi connectivity index (χ4v) is 4.06. The monoisotopic (exact) mass is 367 g/mol. The Labute approximate surface area is 158 Å². The zero-order valence-electron chi connectivity index (χ0n) is 16.1. The molecular formula is C21H25N3O3. The third-order valence-electron chi connectivity index (χ3n) is 5.73. The van der Waals surface area contributed by atoms with E-state index < -0.39 is 5.54 Å². The average Bonchev–Trinajstić information content (AvgIpc) is 3.26. The lowest BCUT2D eigenvalue weighted by Crippen LogP contribution is -2.48. The van der Waals surface area contributed by atoms with Crippen LogP contribution < -0.4 is 5.32 Å². The second kappa shape index (κ2) is 6.83. The molecule has 3 aromatic rings. The van der Waals surface area contributed by atoms with Gasteiger partial charge in [-0.25, -0.2) is 0 Å². The fraction of sp³-hybridized carbons (Fsp3) is 0.476. The first-order chi connectivity index (χ1) is 13.0. The lowest BCUT2D eigenvalue weighted by atomic mass is 9.80. The largest absolute Gasteiger partial charge is 0.464 e. The molecule has 1 aliphatic rings. The fourth-order valence-electron chi connectivity index (χ4n) is 4.06. The molecule has 1 aliphatic carbocycles. The Morgan fingerprint density at radius 2 is 1.96 bits per heavy atom. The van der Waals surface area contributed by atoms with Crippen LogP contribution in [0.15, 0.2) is 27.3 Å². The molecule has 6 nitrogen and oxygen atoms in total. The first-order valence-electron chi connectivity index (χ1n) is 9.57. The van der Waals surface area contributed by atoms with Gasteiger partial charge in [0.05, 0.1) is 12.7 Å². The molecule has 27 heavy (non-hydrogen) atoms. The summed E-state index contributed by atoms with van der Waals surface area (Å²) in [5.41, 5.74) is 3.53. The Hall–Kier alpha value is -2.63. The van der Waals surface area contributed by atoms with Gasteiger partial charge in [-0.05, 0) is 37.8 Å². The van der Waals surface area contributed by atoms with E-state index in [9.17, 15) is 4.79 Å². The number of hydrogen-bond acceptors (Lipinski definition) is 5. The van der Waals surface area contributed by atoms with Crippen molar-refractivity contribution < 1.29 is 13.7 Å². The van der Waals surface area contributed by atoms with Gasteiger partial charge in [-0.3, -0.25) is 4.79 Å². The zero-order valence-corrected chi connectivity index (χ0v) is 16.1. The number of furan rings is 1. The van der Waals surface area contributed by atoms with E-state index in [4.69, 9.17) is 8.94 Å². The van der Waals surface area contributed by atoms with Gasteiger partial charge in [-0.2, -0.15) is 4.98 Å². The highest BCUT2D eigenvalue weighted by Gasteiger charge is 2.39. The minimum atomic E-state index is -0.529. The highest BCUT2D eigenvalue weighted by atomic mass is 16.5. The van der Waals surface area contributed by atoms with Crippen LogP contribution in [0.1, 0.15) is 60.5 Å². The van der Waals surface area contributed by atoms with Crippen LogP contribution in [0, 0.1) is 20.8 Å². The zero-order chi connectivity index (χ0) is 19.0. The molecule has 1 saturated carbocycles. The minimum absolute atomic E-state index is 0.0414. The van der Waals surface area contributed by atoms with Gasteiger partial charge in [0.25, 0.3) is 0 Å². The summed E-state index contributed by atoms with van der Waals surface area (Å²) in [6.07, 6.45) is 6.89. The number of benzene rings is 1. The average molecular weight is 367 g/mol. The molecule has 2 heterocycles. The quantitative estimate of drug-likeness (QED) is 0.745. The van der Waals surface area contributed by atoms with Crippen molar-refractivity contribution in [1.82, 2.24) is 15.5 Å². The number of carbonyl (C=O) groups is 1. The molecule has 0 bridgehead atoms. The van der Waals surface area contributed by atoms with Crippen LogP contribution in [-0.2, 0) is 16.8 Å². The van der Waals surface area contributed by atoms with Crippen molar-refractivity contribution in [3.8, 4) is 0 Å². The van der Waals surface area contributed by atoms with Crippen molar-refractivity contribution in [2.75, 3.05) is 0 Å². The van der Waals surface area contributed by atoms with Crippen molar-refractivity contribution in [2.24, 2.45) is 0 Å². The van der Waals surface area contributed by atoms with Crippen LogP contribution in [0.3, 0.4) is 0 Å². The van der Waals surface area contributed by atoms with Crippen LogP contribution in [0.25, 0.3) is 11.0 Å². The Bertz CT molecular complexity index is 980. The molecule has 0 radical (unpaired) electrons. The first-order valence-corrected chi connectivity index (χ1v) is 9.57. The third-order valence-corrected chi connectivity index (χ3v) is 5.73. The van der Waals surface area contributed by atoms with E-state index in [2.05, 4.69) is 28.4 Å². The normalized spacial score (nSPS) is 16.6. The predicted molar refractivity (Wildman–Crippen MR) is 101 cm³/mol. The van der Waals surface area contributed by atoms with Gasteiger partial charge >= 0.3 is 0 Å². The molecule has 1 amide bonds. The molecule has 142 valence electrons. The van der Waals surface area contributed by atoms with Gasteiger partial charge in [0, 0.05) is 17.9 Å². The predicted octanol–water partition coefficient (Wildman–Crippen LogP) is 4.26. The molecule has 4 rings (SSSR count). The summed E-state index contributed by atoms with van der Waals surface area (Å²) in [6.45, 7) is 5.88. The number of rotatable bonds is 4. The maximum Gasteiger partial charge on any atom is 0.225 e. The second-order valence-electron chi connectivity index (χ2n) is 7.65. The molecule has 0 atom stereocenters. The van der Waals surface area contributed by atoms with E-state index in [-0.39, 0.29) is 12.3 Å². The van der Waals surface area contributed by atoms with Gasteiger partial charge in [0.15, 0.2) is 5.82 Å². The summed E-state index contributed by atoms with van der Waals surface area (Å²) < 4.78 is 10.9.